The van der Waals surface area contributed by atoms with Crippen LogP contribution in [-0.2, 0) is 37.4 Å². The van der Waals surface area contributed by atoms with Crippen molar-refractivity contribution in [2.24, 2.45) is 0 Å². The molecule has 41 heavy (non-hydrogen) atoms. The smallest absolute Gasteiger partial charge is 0.366 e. The van der Waals surface area contributed by atoms with Crippen LogP contribution in [0.4, 0.5) is 0 Å². The van der Waals surface area contributed by atoms with Gasteiger partial charge in [-0.3, -0.25) is 14.2 Å². The topological polar surface area (TPSA) is 138 Å². The van der Waals surface area contributed by atoms with Gasteiger partial charge in [0.2, 0.25) is 5.85 Å². The molecule has 0 aromatic heterocycles. The van der Waals surface area contributed by atoms with Crippen molar-refractivity contribution >= 4 is 19.4 Å². The van der Waals surface area contributed by atoms with Crippen LogP contribution >= 0.6 is 7.60 Å². The molecule has 2 aromatic carbocycles. The van der Waals surface area contributed by atoms with Crippen molar-refractivity contribution in [1.29, 1.82) is 0 Å². The van der Waals surface area contributed by atoms with Gasteiger partial charge in [-0.1, -0.05) is 18.2 Å². The average molecular weight is 598 g/mol. The molecule has 14 heteroatoms. The summed E-state index contributed by atoms with van der Waals surface area (Å²) in [4.78, 5) is 32.0. The number of imide groups is 1. The Bertz CT molecular complexity index is 1150. The molecule has 2 amide bonds. The van der Waals surface area contributed by atoms with E-state index in [0.29, 0.717) is 24.9 Å². The molecular weight excluding hydrogens is 561 g/mol. The van der Waals surface area contributed by atoms with Crippen molar-refractivity contribution in [3.05, 3.63) is 59.2 Å². The Hall–Kier alpha value is -2.87. The molecule has 3 rings (SSSR count). The highest BCUT2D eigenvalue weighted by atomic mass is 31.2. The van der Waals surface area contributed by atoms with Gasteiger partial charge in [0.15, 0.2) is 25.1 Å². The number of methoxy groups -OCH3 is 2. The van der Waals surface area contributed by atoms with Gasteiger partial charge in [-0.15, -0.1) is 5.06 Å². The molecule has 2 aromatic rings. The molecule has 1 unspecified atom stereocenters. The highest BCUT2D eigenvalue weighted by molar-refractivity contribution is 7.54. The maximum absolute atomic E-state index is 14.0. The van der Waals surface area contributed by atoms with Crippen molar-refractivity contribution in [3.8, 4) is 11.5 Å². The lowest BCUT2D eigenvalue weighted by molar-refractivity contribution is -0.115. The molecule has 0 aliphatic carbocycles. The van der Waals surface area contributed by atoms with Crippen LogP contribution < -0.4 is 9.47 Å². The molecule has 0 bridgehead atoms. The van der Waals surface area contributed by atoms with Crippen molar-refractivity contribution in [1.82, 2.24) is 5.06 Å². The molecule has 0 spiro atoms. The monoisotopic (exact) mass is 597 g/mol. The molecule has 1 heterocycles. The quantitative estimate of drug-likeness (QED) is 0.0937. The number of hydrogen-bond donors (Lipinski definition) is 0. The lowest BCUT2D eigenvalue weighted by Crippen LogP contribution is -2.32. The van der Waals surface area contributed by atoms with Crippen LogP contribution in [0.2, 0.25) is 0 Å². The van der Waals surface area contributed by atoms with Crippen LogP contribution in [0.5, 0.6) is 11.5 Å². The van der Waals surface area contributed by atoms with Gasteiger partial charge >= 0.3 is 7.60 Å². The number of fused-ring (bicyclic) bond motifs is 1. The molecule has 1 aliphatic rings. The van der Waals surface area contributed by atoms with Gasteiger partial charge in [0.1, 0.15) is 0 Å². The average Bonchev–Trinajstić information content (AvgIpc) is 3.21. The van der Waals surface area contributed by atoms with Crippen molar-refractivity contribution < 1.29 is 56.5 Å². The van der Waals surface area contributed by atoms with Crippen LogP contribution in [0.15, 0.2) is 42.5 Å². The first kappa shape index (κ1) is 32.6. The minimum Gasteiger partial charge on any atom is -0.464 e. The van der Waals surface area contributed by atoms with Gasteiger partial charge in [-0.2, -0.15) is 0 Å². The van der Waals surface area contributed by atoms with E-state index >= 15 is 0 Å². The van der Waals surface area contributed by atoms with E-state index in [0.717, 1.165) is 0 Å². The van der Waals surface area contributed by atoms with Crippen molar-refractivity contribution in [2.45, 2.75) is 19.7 Å². The lowest BCUT2D eigenvalue weighted by atomic mass is 10.1. The summed E-state index contributed by atoms with van der Waals surface area (Å²) < 4.78 is 57.4. The maximum atomic E-state index is 14.0. The van der Waals surface area contributed by atoms with Crippen molar-refractivity contribution in [2.75, 3.05) is 67.4 Å². The van der Waals surface area contributed by atoms with Gasteiger partial charge < -0.3 is 37.5 Å². The van der Waals surface area contributed by atoms with E-state index in [2.05, 4.69) is 0 Å². The van der Waals surface area contributed by atoms with Gasteiger partial charge in [0.25, 0.3) is 11.8 Å². The minimum absolute atomic E-state index is 0.00988. The lowest BCUT2D eigenvalue weighted by Gasteiger charge is -2.29. The Labute approximate surface area is 238 Å². The highest BCUT2D eigenvalue weighted by Crippen LogP contribution is 2.62. The molecule has 13 nitrogen and oxygen atoms in total. The van der Waals surface area contributed by atoms with Crippen LogP contribution in [0.3, 0.4) is 0 Å². The summed E-state index contributed by atoms with van der Waals surface area (Å²) in [7, 11) is -1.01. The van der Waals surface area contributed by atoms with Crippen LogP contribution in [0.25, 0.3) is 0 Å². The Morgan fingerprint density at radius 1 is 0.756 bits per heavy atom. The zero-order valence-corrected chi connectivity index (χ0v) is 24.5. The number of carbonyl (C=O) groups excluding carboxylic acids is 2. The first-order valence-corrected chi connectivity index (χ1v) is 14.6. The molecule has 226 valence electrons. The van der Waals surface area contributed by atoms with E-state index in [1.54, 1.807) is 46.3 Å². The summed E-state index contributed by atoms with van der Waals surface area (Å²) in [6.07, 6.45) is 0. The second kappa shape index (κ2) is 16.5. The zero-order valence-electron chi connectivity index (χ0n) is 23.6. The fourth-order valence-corrected chi connectivity index (χ4v) is 5.52. The third kappa shape index (κ3) is 8.57. The van der Waals surface area contributed by atoms with Crippen LogP contribution in [0.1, 0.15) is 46.0 Å². The number of rotatable bonds is 20. The Morgan fingerprint density at radius 2 is 1.29 bits per heavy atom. The molecule has 0 radical (unpaired) electrons. The first-order valence-electron chi connectivity index (χ1n) is 13.0. The fraction of sp³-hybridized carbons (Fsp3) is 0.481. The largest absolute Gasteiger partial charge is 0.464 e. The number of ether oxygens (including phenoxy) is 6. The standard InChI is InChI=1S/C27H36NO12P/c1-5-38-41(31,39-6-2)27(40-28-25(29)21-9-7-8-10-22(21)26(28)30)20-11-12-23(36-18-34-15-13-32-3)24(17-20)37-19-35-16-14-33-4/h7-12,17,27H,5-6,13-16,18-19H2,1-4H3. The number of amides is 2. The van der Waals surface area contributed by atoms with E-state index in [-0.39, 0.29) is 61.6 Å². The Balaban J connectivity index is 1.95. The Morgan fingerprint density at radius 3 is 1.80 bits per heavy atom. The Kier molecular flexibility index (Phi) is 13.2. The predicted octanol–water partition coefficient (Wildman–Crippen LogP) is 4.18. The van der Waals surface area contributed by atoms with Crippen LogP contribution in [-0.4, -0.2) is 84.3 Å². The van der Waals surface area contributed by atoms with Gasteiger partial charge in [0.05, 0.1) is 50.8 Å². The molecule has 0 saturated heterocycles. The summed E-state index contributed by atoms with van der Waals surface area (Å²) in [5, 5.41) is 0.572. The molecule has 0 saturated carbocycles. The molecular formula is C27H36NO12P. The zero-order chi connectivity index (χ0) is 29.7. The normalized spacial score (nSPS) is 13.9. The van der Waals surface area contributed by atoms with E-state index in [4.69, 9.17) is 42.3 Å². The minimum atomic E-state index is -4.11. The van der Waals surface area contributed by atoms with E-state index in [1.165, 1.54) is 24.3 Å². The fourth-order valence-electron chi connectivity index (χ4n) is 3.72. The molecule has 0 fully saturated rings. The molecule has 1 atom stereocenters. The summed E-state index contributed by atoms with van der Waals surface area (Å²) in [5.74, 6) is -2.46. The van der Waals surface area contributed by atoms with E-state index < -0.39 is 25.3 Å². The summed E-state index contributed by atoms with van der Waals surface area (Å²) in [6.45, 7) is 4.37. The van der Waals surface area contributed by atoms with Crippen LogP contribution in [0, 0.1) is 0 Å². The maximum Gasteiger partial charge on any atom is 0.366 e. The SMILES string of the molecule is CCOP(=O)(OCC)C(ON1C(=O)c2ccccc2C1=O)c1ccc(OCOCCOC)c(OCOCCOC)c1. The third-order valence-corrected chi connectivity index (χ3v) is 7.78. The van der Waals surface area contributed by atoms with Gasteiger partial charge in [-0.25, -0.2) is 4.84 Å². The van der Waals surface area contributed by atoms with E-state index in [9.17, 15) is 14.2 Å². The summed E-state index contributed by atoms with van der Waals surface area (Å²) in [6, 6.07) is 10.8. The summed E-state index contributed by atoms with van der Waals surface area (Å²) in [5.41, 5.74) is 0.549. The predicted molar refractivity (Wildman–Crippen MR) is 145 cm³/mol. The third-order valence-electron chi connectivity index (χ3n) is 5.58. The second-order valence-corrected chi connectivity index (χ2v) is 10.4. The number of nitrogens with zero attached hydrogens (tertiary/aromatic N) is 1. The van der Waals surface area contributed by atoms with Crippen molar-refractivity contribution in [3.63, 3.8) is 0 Å². The highest BCUT2D eigenvalue weighted by Gasteiger charge is 2.45. The summed E-state index contributed by atoms with van der Waals surface area (Å²) >= 11 is 0. The number of hydrogen-bond acceptors (Lipinski definition) is 12. The van der Waals surface area contributed by atoms with Gasteiger partial charge in [0, 0.05) is 14.2 Å². The number of hydroxylamine groups is 2. The molecule has 0 N–H and O–H groups in total. The number of carbonyl (C=O) groups is 2. The first-order chi connectivity index (χ1) is 19.9. The van der Waals surface area contributed by atoms with E-state index in [1.807, 2.05) is 0 Å². The second-order valence-electron chi connectivity index (χ2n) is 8.32. The van der Waals surface area contributed by atoms with Gasteiger partial charge in [-0.05, 0) is 43.7 Å². The number of benzene rings is 2. The molecule has 1 aliphatic heterocycles.